The zero-order chi connectivity index (χ0) is 15.1. The summed E-state index contributed by atoms with van der Waals surface area (Å²) in [5.74, 6) is 0.137. The molecule has 1 aromatic rings. The van der Waals surface area contributed by atoms with E-state index in [1.807, 2.05) is 39.0 Å². The van der Waals surface area contributed by atoms with Crippen molar-refractivity contribution in [3.8, 4) is 0 Å². The lowest BCUT2D eigenvalue weighted by molar-refractivity contribution is 0.0805. The van der Waals surface area contributed by atoms with Gasteiger partial charge >= 0.3 is 0 Å². The fourth-order valence-corrected chi connectivity index (χ4v) is 2.29. The van der Waals surface area contributed by atoms with Crippen molar-refractivity contribution in [3.63, 3.8) is 0 Å². The molecule has 3 heteroatoms. The van der Waals surface area contributed by atoms with E-state index in [9.17, 15) is 4.79 Å². The fourth-order valence-electron chi connectivity index (χ4n) is 2.29. The van der Waals surface area contributed by atoms with Gasteiger partial charge in [0.2, 0.25) is 0 Å². The number of benzene rings is 1. The van der Waals surface area contributed by atoms with Crippen molar-refractivity contribution >= 4 is 5.78 Å². The van der Waals surface area contributed by atoms with E-state index < -0.39 is 0 Å². The number of unbranched alkanes of at least 4 members (excludes halogenated alkanes) is 1. The van der Waals surface area contributed by atoms with Crippen LogP contribution in [0.1, 0.15) is 48.2 Å². The van der Waals surface area contributed by atoms with Crippen LogP contribution in [0.2, 0.25) is 0 Å². The summed E-state index contributed by atoms with van der Waals surface area (Å²) in [6.07, 6.45) is 2.14. The van der Waals surface area contributed by atoms with Crippen LogP contribution in [0.15, 0.2) is 18.2 Å². The molecule has 112 valence electrons. The summed E-state index contributed by atoms with van der Waals surface area (Å²) in [4.78, 5) is 14.6. The molecule has 0 fully saturated rings. The SMILES string of the molecule is CCCCN(CCO)C(C)C(=O)c1ccc(C)c(C)c1. The highest BCUT2D eigenvalue weighted by atomic mass is 16.3. The van der Waals surface area contributed by atoms with Crippen LogP contribution in [0.3, 0.4) is 0 Å². The number of ketones is 1. The van der Waals surface area contributed by atoms with Gasteiger partial charge in [0.25, 0.3) is 0 Å². The summed E-state index contributed by atoms with van der Waals surface area (Å²) in [6.45, 7) is 9.64. The molecule has 0 saturated carbocycles. The van der Waals surface area contributed by atoms with Crippen LogP contribution in [-0.4, -0.2) is 41.5 Å². The minimum absolute atomic E-state index is 0.0915. The van der Waals surface area contributed by atoms with Crippen molar-refractivity contribution in [1.29, 1.82) is 0 Å². The molecule has 0 aliphatic rings. The third kappa shape index (κ3) is 4.43. The maximum atomic E-state index is 12.6. The molecule has 1 unspecified atom stereocenters. The van der Waals surface area contributed by atoms with Crippen molar-refractivity contribution in [2.24, 2.45) is 0 Å². The Kier molecular flexibility index (Phi) is 6.89. The zero-order valence-corrected chi connectivity index (χ0v) is 13.1. The van der Waals surface area contributed by atoms with Gasteiger partial charge < -0.3 is 5.11 Å². The number of hydrogen-bond acceptors (Lipinski definition) is 3. The number of nitrogens with zero attached hydrogens (tertiary/aromatic N) is 1. The Hall–Kier alpha value is -1.19. The highest BCUT2D eigenvalue weighted by Gasteiger charge is 2.21. The first kappa shape index (κ1) is 16.9. The Morgan fingerprint density at radius 3 is 2.50 bits per heavy atom. The van der Waals surface area contributed by atoms with Crippen LogP contribution in [0.25, 0.3) is 0 Å². The summed E-state index contributed by atoms with van der Waals surface area (Å²) in [5, 5.41) is 9.16. The van der Waals surface area contributed by atoms with Crippen LogP contribution in [0.5, 0.6) is 0 Å². The summed E-state index contributed by atoms with van der Waals surface area (Å²) in [5.41, 5.74) is 3.11. The van der Waals surface area contributed by atoms with E-state index in [0.717, 1.165) is 30.5 Å². The van der Waals surface area contributed by atoms with Gasteiger partial charge in [0.05, 0.1) is 12.6 Å². The summed E-state index contributed by atoms with van der Waals surface area (Å²) in [7, 11) is 0. The Morgan fingerprint density at radius 1 is 1.25 bits per heavy atom. The molecule has 0 aromatic heterocycles. The molecule has 20 heavy (non-hydrogen) atoms. The Morgan fingerprint density at radius 2 is 1.95 bits per heavy atom. The number of carbonyl (C=O) groups excluding carboxylic acids is 1. The highest BCUT2D eigenvalue weighted by Crippen LogP contribution is 2.14. The lowest BCUT2D eigenvalue weighted by atomic mass is 9.99. The van der Waals surface area contributed by atoms with Crippen molar-refractivity contribution in [1.82, 2.24) is 4.90 Å². The van der Waals surface area contributed by atoms with Crippen molar-refractivity contribution in [2.75, 3.05) is 19.7 Å². The number of rotatable bonds is 8. The third-order valence-corrected chi connectivity index (χ3v) is 3.90. The second-order valence-electron chi connectivity index (χ2n) is 5.45. The molecule has 0 spiro atoms. The van der Waals surface area contributed by atoms with Gasteiger partial charge in [0, 0.05) is 12.1 Å². The highest BCUT2D eigenvalue weighted by molar-refractivity contribution is 6.00. The van der Waals surface area contributed by atoms with Gasteiger partial charge in [0.15, 0.2) is 5.78 Å². The molecule has 3 nitrogen and oxygen atoms in total. The molecule has 1 N–H and O–H groups in total. The van der Waals surface area contributed by atoms with E-state index in [2.05, 4.69) is 11.8 Å². The van der Waals surface area contributed by atoms with Crippen LogP contribution in [-0.2, 0) is 0 Å². The van der Waals surface area contributed by atoms with Gasteiger partial charge in [0.1, 0.15) is 0 Å². The maximum absolute atomic E-state index is 12.6. The van der Waals surface area contributed by atoms with E-state index in [4.69, 9.17) is 5.11 Å². The number of Topliss-reactive ketones (excluding diaryl/α,β-unsaturated/α-hetero) is 1. The zero-order valence-electron chi connectivity index (χ0n) is 13.1. The minimum atomic E-state index is -0.184. The van der Waals surface area contributed by atoms with Gasteiger partial charge in [-0.25, -0.2) is 0 Å². The number of carbonyl (C=O) groups is 1. The summed E-state index contributed by atoms with van der Waals surface area (Å²) < 4.78 is 0. The molecular formula is C17H27NO2. The number of aliphatic hydroxyl groups excluding tert-OH is 1. The van der Waals surface area contributed by atoms with E-state index in [1.165, 1.54) is 5.56 Å². The second kappa shape index (κ2) is 8.18. The molecule has 0 saturated heterocycles. The predicted molar refractivity (Wildman–Crippen MR) is 83.3 cm³/mol. The van der Waals surface area contributed by atoms with Crippen LogP contribution >= 0.6 is 0 Å². The third-order valence-electron chi connectivity index (χ3n) is 3.90. The molecule has 0 amide bonds. The van der Waals surface area contributed by atoms with Gasteiger partial charge in [-0.05, 0) is 50.9 Å². The number of aryl methyl sites for hydroxylation is 2. The topological polar surface area (TPSA) is 40.5 Å². The fraction of sp³-hybridized carbons (Fsp3) is 0.588. The summed E-state index contributed by atoms with van der Waals surface area (Å²) >= 11 is 0. The smallest absolute Gasteiger partial charge is 0.179 e. The standard InChI is InChI=1S/C17H27NO2/c1-5-6-9-18(10-11-19)15(4)17(20)16-8-7-13(2)14(3)12-16/h7-8,12,15,19H,5-6,9-11H2,1-4H3. The van der Waals surface area contributed by atoms with Gasteiger partial charge in [-0.2, -0.15) is 0 Å². The quantitative estimate of drug-likeness (QED) is 0.743. The number of hydrogen-bond donors (Lipinski definition) is 1. The van der Waals surface area contributed by atoms with Gasteiger partial charge in [-0.15, -0.1) is 0 Å². The van der Waals surface area contributed by atoms with Crippen molar-refractivity contribution in [2.45, 2.75) is 46.6 Å². The molecule has 1 aromatic carbocycles. The Balaban J connectivity index is 2.83. The first-order valence-electron chi connectivity index (χ1n) is 7.47. The first-order valence-corrected chi connectivity index (χ1v) is 7.47. The van der Waals surface area contributed by atoms with E-state index in [0.29, 0.717) is 6.54 Å². The molecule has 0 aliphatic heterocycles. The molecule has 0 heterocycles. The summed E-state index contributed by atoms with van der Waals surface area (Å²) in [6, 6.07) is 5.68. The van der Waals surface area contributed by atoms with Gasteiger partial charge in [-0.1, -0.05) is 25.5 Å². The van der Waals surface area contributed by atoms with E-state index in [-0.39, 0.29) is 18.4 Å². The average molecular weight is 277 g/mol. The Bertz CT molecular complexity index is 443. The van der Waals surface area contributed by atoms with Crippen molar-refractivity contribution in [3.05, 3.63) is 34.9 Å². The number of aliphatic hydroxyl groups is 1. The average Bonchev–Trinajstić information content (AvgIpc) is 2.45. The lowest BCUT2D eigenvalue weighted by Crippen LogP contribution is -2.41. The van der Waals surface area contributed by atoms with Gasteiger partial charge in [-0.3, -0.25) is 9.69 Å². The molecule has 1 atom stereocenters. The Labute approximate surface area is 122 Å². The minimum Gasteiger partial charge on any atom is -0.395 e. The molecule has 0 radical (unpaired) electrons. The van der Waals surface area contributed by atoms with E-state index >= 15 is 0 Å². The molecule has 0 bridgehead atoms. The second-order valence-corrected chi connectivity index (χ2v) is 5.45. The van der Waals surface area contributed by atoms with E-state index in [1.54, 1.807) is 0 Å². The molecule has 0 aliphatic carbocycles. The molecule has 1 rings (SSSR count). The van der Waals surface area contributed by atoms with Crippen LogP contribution in [0, 0.1) is 13.8 Å². The first-order chi connectivity index (χ1) is 9.51. The molecular weight excluding hydrogens is 250 g/mol. The van der Waals surface area contributed by atoms with Crippen molar-refractivity contribution < 1.29 is 9.90 Å². The predicted octanol–water partition coefficient (Wildman–Crippen LogP) is 2.97. The normalized spacial score (nSPS) is 12.7. The monoisotopic (exact) mass is 277 g/mol. The van der Waals surface area contributed by atoms with Crippen LogP contribution in [0.4, 0.5) is 0 Å². The van der Waals surface area contributed by atoms with Crippen LogP contribution < -0.4 is 0 Å². The lowest BCUT2D eigenvalue weighted by Gasteiger charge is -2.27. The maximum Gasteiger partial charge on any atom is 0.179 e. The largest absolute Gasteiger partial charge is 0.395 e.